The Kier molecular flexibility index (Phi) is 5.44. The van der Waals surface area contributed by atoms with Crippen LogP contribution in [0.5, 0.6) is 0 Å². The molecule has 1 N–H and O–H groups in total. The first-order valence-electron chi connectivity index (χ1n) is 8.46. The molecular formula is C19H18FN3O4. The first-order valence-corrected chi connectivity index (χ1v) is 8.46. The van der Waals surface area contributed by atoms with Gasteiger partial charge in [0.15, 0.2) is 0 Å². The number of carbonyl (C=O) groups excluding carboxylic acids is 2. The second-order valence-corrected chi connectivity index (χ2v) is 6.15. The molecule has 27 heavy (non-hydrogen) atoms. The molecule has 3 rings (SSSR count). The number of nitrogens with zero attached hydrogens (tertiary/aromatic N) is 3. The average Bonchev–Trinajstić information content (AvgIpc) is 2.69. The van der Waals surface area contributed by atoms with E-state index in [0.717, 1.165) is 0 Å². The van der Waals surface area contributed by atoms with E-state index < -0.39 is 11.8 Å². The minimum absolute atomic E-state index is 0.0250. The zero-order chi connectivity index (χ0) is 19.4. The molecule has 2 amide bonds. The van der Waals surface area contributed by atoms with Crippen molar-refractivity contribution >= 4 is 17.8 Å². The zero-order valence-corrected chi connectivity index (χ0v) is 14.5. The van der Waals surface area contributed by atoms with Gasteiger partial charge >= 0.3 is 5.97 Å². The van der Waals surface area contributed by atoms with Gasteiger partial charge in [-0.05, 0) is 23.8 Å². The third-order valence-electron chi connectivity index (χ3n) is 4.41. The molecule has 0 bridgehead atoms. The highest BCUT2D eigenvalue weighted by Gasteiger charge is 2.26. The molecule has 0 saturated carbocycles. The SMILES string of the molecule is O=C(O)c1cccc(C(=O)N2CCN(C(=O)Cc3ccccc3F)CC2)n1. The normalized spacial score (nSPS) is 14.1. The molecule has 0 unspecified atom stereocenters. The fraction of sp³-hybridized carbons (Fsp3) is 0.263. The Morgan fingerprint density at radius 1 is 0.926 bits per heavy atom. The molecule has 1 aliphatic rings. The molecule has 140 valence electrons. The van der Waals surface area contributed by atoms with Gasteiger partial charge in [0, 0.05) is 26.2 Å². The molecule has 1 fully saturated rings. The maximum absolute atomic E-state index is 13.7. The summed E-state index contributed by atoms with van der Waals surface area (Å²) in [5.41, 5.74) is 0.205. The molecule has 1 aromatic heterocycles. The lowest BCUT2D eigenvalue weighted by atomic mass is 10.1. The Morgan fingerprint density at radius 2 is 1.56 bits per heavy atom. The Bertz CT molecular complexity index is 879. The molecule has 8 heteroatoms. The van der Waals surface area contributed by atoms with E-state index in [0.29, 0.717) is 31.7 Å². The number of carbonyl (C=O) groups is 3. The van der Waals surface area contributed by atoms with Crippen molar-refractivity contribution < 1.29 is 23.9 Å². The number of carboxylic acids is 1. The van der Waals surface area contributed by atoms with Gasteiger partial charge in [-0.15, -0.1) is 0 Å². The third kappa shape index (κ3) is 4.28. The fourth-order valence-corrected chi connectivity index (χ4v) is 2.91. The lowest BCUT2D eigenvalue weighted by Crippen LogP contribution is -2.51. The summed E-state index contributed by atoms with van der Waals surface area (Å²) < 4.78 is 13.7. The van der Waals surface area contributed by atoms with Gasteiger partial charge in [-0.2, -0.15) is 0 Å². The first kappa shape index (κ1) is 18.5. The van der Waals surface area contributed by atoms with E-state index in [2.05, 4.69) is 4.98 Å². The van der Waals surface area contributed by atoms with Crippen LogP contribution in [-0.4, -0.2) is 63.9 Å². The number of hydrogen-bond acceptors (Lipinski definition) is 4. The number of carboxylic acid groups (broad SMARTS) is 1. The molecule has 0 atom stereocenters. The van der Waals surface area contributed by atoms with Crippen LogP contribution in [0.25, 0.3) is 0 Å². The second kappa shape index (κ2) is 7.94. The fourth-order valence-electron chi connectivity index (χ4n) is 2.91. The number of amides is 2. The van der Waals surface area contributed by atoms with Crippen LogP contribution >= 0.6 is 0 Å². The highest BCUT2D eigenvalue weighted by atomic mass is 19.1. The van der Waals surface area contributed by atoms with Gasteiger partial charge in [0.2, 0.25) is 5.91 Å². The van der Waals surface area contributed by atoms with Gasteiger partial charge in [0.1, 0.15) is 17.2 Å². The van der Waals surface area contributed by atoms with Crippen LogP contribution < -0.4 is 0 Å². The van der Waals surface area contributed by atoms with Crippen molar-refractivity contribution in [3.05, 3.63) is 65.2 Å². The van der Waals surface area contributed by atoms with Crippen molar-refractivity contribution in [3.63, 3.8) is 0 Å². The number of piperazine rings is 1. The summed E-state index contributed by atoms with van der Waals surface area (Å²) in [7, 11) is 0. The number of rotatable bonds is 4. The summed E-state index contributed by atoms with van der Waals surface area (Å²) in [4.78, 5) is 42.8. The van der Waals surface area contributed by atoms with Crippen LogP contribution in [0.15, 0.2) is 42.5 Å². The predicted octanol–water partition coefficient (Wildman–Crippen LogP) is 1.45. The summed E-state index contributed by atoms with van der Waals surface area (Å²) in [5.74, 6) is -2.19. The molecule has 2 heterocycles. The average molecular weight is 371 g/mol. The molecule has 0 aliphatic carbocycles. The number of aromatic nitrogens is 1. The molecular weight excluding hydrogens is 353 g/mol. The highest BCUT2D eigenvalue weighted by molar-refractivity contribution is 5.94. The van der Waals surface area contributed by atoms with Crippen LogP contribution in [0.1, 0.15) is 26.5 Å². The van der Waals surface area contributed by atoms with Crippen molar-refractivity contribution in [2.24, 2.45) is 0 Å². The topological polar surface area (TPSA) is 90.8 Å². The summed E-state index contributed by atoms with van der Waals surface area (Å²) in [6.07, 6.45) is -0.0250. The standard InChI is InChI=1S/C19H18FN3O4/c20-14-5-2-1-4-13(14)12-17(24)22-8-10-23(11-9-22)18(25)15-6-3-7-16(21-15)19(26)27/h1-7H,8-12H2,(H,26,27). The highest BCUT2D eigenvalue weighted by Crippen LogP contribution is 2.12. The van der Waals surface area contributed by atoms with E-state index in [9.17, 15) is 18.8 Å². The summed E-state index contributed by atoms with van der Waals surface area (Å²) in [6, 6.07) is 10.4. The largest absolute Gasteiger partial charge is 0.477 e. The van der Waals surface area contributed by atoms with E-state index in [1.165, 1.54) is 29.2 Å². The predicted molar refractivity (Wildman–Crippen MR) is 93.8 cm³/mol. The molecule has 2 aromatic rings. The van der Waals surface area contributed by atoms with E-state index in [-0.39, 0.29) is 29.6 Å². The van der Waals surface area contributed by atoms with E-state index in [1.807, 2.05) is 0 Å². The van der Waals surface area contributed by atoms with Gasteiger partial charge in [0.05, 0.1) is 6.42 Å². The summed E-state index contributed by atoms with van der Waals surface area (Å²) in [5, 5.41) is 8.98. The van der Waals surface area contributed by atoms with E-state index >= 15 is 0 Å². The lowest BCUT2D eigenvalue weighted by molar-refractivity contribution is -0.132. The number of aromatic carboxylic acids is 1. The summed E-state index contributed by atoms with van der Waals surface area (Å²) in [6.45, 7) is 1.27. The zero-order valence-electron chi connectivity index (χ0n) is 14.5. The minimum atomic E-state index is -1.20. The maximum Gasteiger partial charge on any atom is 0.354 e. The van der Waals surface area contributed by atoms with Crippen molar-refractivity contribution in [1.82, 2.24) is 14.8 Å². The lowest BCUT2D eigenvalue weighted by Gasteiger charge is -2.34. The molecule has 0 spiro atoms. The van der Waals surface area contributed by atoms with Gasteiger partial charge in [-0.1, -0.05) is 24.3 Å². The summed E-state index contributed by atoms with van der Waals surface area (Å²) >= 11 is 0. The van der Waals surface area contributed by atoms with E-state index in [1.54, 1.807) is 23.1 Å². The molecule has 1 aliphatic heterocycles. The Labute approximate surface area is 155 Å². The van der Waals surface area contributed by atoms with Crippen molar-refractivity contribution in [2.75, 3.05) is 26.2 Å². The molecule has 0 radical (unpaired) electrons. The molecule has 1 aromatic carbocycles. The quantitative estimate of drug-likeness (QED) is 0.878. The second-order valence-electron chi connectivity index (χ2n) is 6.15. The molecule has 7 nitrogen and oxygen atoms in total. The van der Waals surface area contributed by atoms with Crippen LogP contribution in [-0.2, 0) is 11.2 Å². The van der Waals surface area contributed by atoms with Crippen LogP contribution in [0.3, 0.4) is 0 Å². The van der Waals surface area contributed by atoms with Crippen LogP contribution in [0.2, 0.25) is 0 Å². The monoisotopic (exact) mass is 371 g/mol. The van der Waals surface area contributed by atoms with Crippen LogP contribution in [0.4, 0.5) is 4.39 Å². The van der Waals surface area contributed by atoms with Gasteiger partial charge in [-0.3, -0.25) is 9.59 Å². The Morgan fingerprint density at radius 3 is 2.22 bits per heavy atom. The van der Waals surface area contributed by atoms with E-state index in [4.69, 9.17) is 5.11 Å². The van der Waals surface area contributed by atoms with Crippen LogP contribution in [0, 0.1) is 5.82 Å². The Hall–Kier alpha value is -3.29. The minimum Gasteiger partial charge on any atom is -0.477 e. The maximum atomic E-state index is 13.7. The number of hydrogen-bond donors (Lipinski definition) is 1. The van der Waals surface area contributed by atoms with Crippen molar-refractivity contribution in [2.45, 2.75) is 6.42 Å². The third-order valence-corrected chi connectivity index (χ3v) is 4.41. The molecule has 1 saturated heterocycles. The van der Waals surface area contributed by atoms with Gasteiger partial charge in [-0.25, -0.2) is 14.2 Å². The number of pyridine rings is 1. The number of benzene rings is 1. The first-order chi connectivity index (χ1) is 13.0. The van der Waals surface area contributed by atoms with Crippen molar-refractivity contribution in [1.29, 1.82) is 0 Å². The number of halogens is 1. The van der Waals surface area contributed by atoms with Crippen molar-refractivity contribution in [3.8, 4) is 0 Å². The Balaban J connectivity index is 1.59. The van der Waals surface area contributed by atoms with Gasteiger partial charge in [0.25, 0.3) is 5.91 Å². The van der Waals surface area contributed by atoms with Gasteiger partial charge < -0.3 is 14.9 Å². The smallest absolute Gasteiger partial charge is 0.354 e.